The lowest BCUT2D eigenvalue weighted by Crippen LogP contribution is -2.41. The number of hydrogen-bond acceptors (Lipinski definition) is 2. The van der Waals surface area contributed by atoms with Crippen molar-refractivity contribution >= 4 is 11.6 Å². The van der Waals surface area contributed by atoms with Crippen LogP contribution in [0.5, 0.6) is 0 Å². The molecular weight excluding hydrogens is 272 g/mol. The number of aryl methyl sites for hydroxylation is 1. The maximum Gasteiger partial charge on any atom is 0.241 e. The molecule has 1 amide bonds. The van der Waals surface area contributed by atoms with Crippen molar-refractivity contribution in [1.29, 1.82) is 0 Å². The minimum Gasteiger partial charge on any atom is -0.308 e. The van der Waals surface area contributed by atoms with E-state index in [1.807, 2.05) is 23.1 Å². The van der Waals surface area contributed by atoms with E-state index < -0.39 is 0 Å². The molecule has 1 atom stereocenters. The molecule has 3 rings (SSSR count). The van der Waals surface area contributed by atoms with Crippen LogP contribution in [0.15, 0.2) is 48.5 Å². The Morgan fingerprint density at radius 2 is 1.91 bits per heavy atom. The largest absolute Gasteiger partial charge is 0.308 e. The summed E-state index contributed by atoms with van der Waals surface area (Å²) in [6.07, 6.45) is 0.944. The molecule has 0 saturated carbocycles. The highest BCUT2D eigenvalue weighted by atomic mass is 16.2. The predicted molar refractivity (Wildman–Crippen MR) is 90.0 cm³/mol. The van der Waals surface area contributed by atoms with Crippen molar-refractivity contribution in [3.63, 3.8) is 0 Å². The van der Waals surface area contributed by atoms with Gasteiger partial charge in [-0.05, 0) is 37.5 Å². The number of para-hydroxylation sites is 1. The molecule has 22 heavy (non-hydrogen) atoms. The molecule has 2 aromatic rings. The Kier molecular flexibility index (Phi) is 4.25. The Morgan fingerprint density at radius 1 is 1.18 bits per heavy atom. The van der Waals surface area contributed by atoms with Crippen LogP contribution in [-0.2, 0) is 17.8 Å². The number of anilines is 1. The molecule has 1 aliphatic heterocycles. The normalized spacial score (nSPS) is 16.6. The molecule has 3 heteroatoms. The molecule has 1 N–H and O–H groups in total. The number of benzene rings is 2. The van der Waals surface area contributed by atoms with E-state index in [0.717, 1.165) is 18.7 Å². The Hall–Kier alpha value is -2.13. The van der Waals surface area contributed by atoms with Gasteiger partial charge in [0.1, 0.15) is 0 Å². The third kappa shape index (κ3) is 3.04. The Bertz CT molecular complexity index is 663. The van der Waals surface area contributed by atoms with Crippen molar-refractivity contribution < 1.29 is 4.79 Å². The van der Waals surface area contributed by atoms with Gasteiger partial charge in [-0.3, -0.25) is 4.79 Å². The Balaban J connectivity index is 1.59. The maximum absolute atomic E-state index is 12.5. The summed E-state index contributed by atoms with van der Waals surface area (Å²) in [7, 11) is 0. The number of carbonyl (C=O) groups is 1. The van der Waals surface area contributed by atoms with Crippen LogP contribution in [0.2, 0.25) is 0 Å². The molecule has 2 aromatic carbocycles. The summed E-state index contributed by atoms with van der Waals surface area (Å²) in [6, 6.07) is 16.8. The fraction of sp³-hybridized carbons (Fsp3) is 0.316. The lowest BCUT2D eigenvalue weighted by atomic mass is 10.1. The van der Waals surface area contributed by atoms with Gasteiger partial charge >= 0.3 is 0 Å². The lowest BCUT2D eigenvalue weighted by molar-refractivity contribution is -0.118. The van der Waals surface area contributed by atoms with E-state index in [0.29, 0.717) is 6.54 Å². The minimum absolute atomic E-state index is 0.143. The van der Waals surface area contributed by atoms with E-state index >= 15 is 0 Å². The van der Waals surface area contributed by atoms with Gasteiger partial charge in [-0.1, -0.05) is 48.0 Å². The monoisotopic (exact) mass is 294 g/mol. The molecule has 0 aromatic heterocycles. The van der Waals surface area contributed by atoms with Gasteiger partial charge in [0, 0.05) is 18.3 Å². The van der Waals surface area contributed by atoms with E-state index in [1.165, 1.54) is 16.7 Å². The van der Waals surface area contributed by atoms with Crippen LogP contribution in [0.25, 0.3) is 0 Å². The number of nitrogens with zero attached hydrogens (tertiary/aromatic N) is 1. The van der Waals surface area contributed by atoms with Gasteiger partial charge in [0.15, 0.2) is 0 Å². The summed E-state index contributed by atoms with van der Waals surface area (Å²) in [4.78, 5) is 14.5. The molecule has 114 valence electrons. The van der Waals surface area contributed by atoms with Gasteiger partial charge in [0.2, 0.25) is 5.91 Å². The fourth-order valence-electron chi connectivity index (χ4n) is 3.05. The number of nitrogens with one attached hydrogen (secondary N) is 1. The minimum atomic E-state index is 0.143. The van der Waals surface area contributed by atoms with Crippen molar-refractivity contribution in [2.75, 3.05) is 11.4 Å². The second kappa shape index (κ2) is 6.32. The summed E-state index contributed by atoms with van der Waals surface area (Å²) in [5.74, 6) is 0.143. The second-order valence-electron chi connectivity index (χ2n) is 6.03. The molecule has 0 spiro atoms. The molecule has 0 radical (unpaired) electrons. The molecule has 1 heterocycles. The average Bonchev–Trinajstić information content (AvgIpc) is 2.85. The van der Waals surface area contributed by atoms with Crippen molar-refractivity contribution in [1.82, 2.24) is 5.32 Å². The van der Waals surface area contributed by atoms with Crippen LogP contribution in [0.3, 0.4) is 0 Å². The number of carbonyl (C=O) groups excluding carboxylic acids is 1. The molecule has 0 saturated heterocycles. The van der Waals surface area contributed by atoms with Crippen LogP contribution in [-0.4, -0.2) is 18.5 Å². The topological polar surface area (TPSA) is 32.3 Å². The third-order valence-corrected chi connectivity index (χ3v) is 4.20. The molecule has 0 unspecified atom stereocenters. The van der Waals surface area contributed by atoms with Crippen LogP contribution in [0, 0.1) is 6.92 Å². The van der Waals surface area contributed by atoms with Gasteiger partial charge in [-0.25, -0.2) is 0 Å². The smallest absolute Gasteiger partial charge is 0.241 e. The summed E-state index contributed by atoms with van der Waals surface area (Å²) >= 11 is 0. The Morgan fingerprint density at radius 3 is 2.68 bits per heavy atom. The predicted octanol–water partition coefficient (Wildman–Crippen LogP) is 3.06. The zero-order valence-electron chi connectivity index (χ0n) is 13.2. The highest BCUT2D eigenvalue weighted by Gasteiger charge is 2.29. The summed E-state index contributed by atoms with van der Waals surface area (Å²) in [5.41, 5.74) is 4.79. The quantitative estimate of drug-likeness (QED) is 0.940. The van der Waals surface area contributed by atoms with Crippen LogP contribution >= 0.6 is 0 Å². The van der Waals surface area contributed by atoms with Crippen molar-refractivity contribution in [3.05, 3.63) is 65.2 Å². The maximum atomic E-state index is 12.5. The van der Waals surface area contributed by atoms with Gasteiger partial charge < -0.3 is 10.2 Å². The number of hydrogen-bond donors (Lipinski definition) is 1. The van der Waals surface area contributed by atoms with Gasteiger partial charge in [-0.15, -0.1) is 0 Å². The first-order valence-electron chi connectivity index (χ1n) is 7.81. The zero-order chi connectivity index (χ0) is 15.5. The first-order valence-corrected chi connectivity index (χ1v) is 7.81. The molecule has 0 bridgehead atoms. The fourth-order valence-corrected chi connectivity index (χ4v) is 3.05. The van der Waals surface area contributed by atoms with Gasteiger partial charge in [0.05, 0.1) is 6.54 Å². The van der Waals surface area contributed by atoms with E-state index in [9.17, 15) is 4.79 Å². The molecule has 0 aliphatic carbocycles. The van der Waals surface area contributed by atoms with E-state index in [-0.39, 0.29) is 11.9 Å². The van der Waals surface area contributed by atoms with Crippen LogP contribution < -0.4 is 10.2 Å². The summed E-state index contributed by atoms with van der Waals surface area (Å²) in [5, 5.41) is 3.26. The van der Waals surface area contributed by atoms with Gasteiger partial charge in [-0.2, -0.15) is 0 Å². The highest BCUT2D eigenvalue weighted by molar-refractivity contribution is 5.97. The SMILES string of the molecule is Cc1ccc(CNCC(=O)N2c3ccccc3C[C@@H]2C)cc1. The van der Waals surface area contributed by atoms with Crippen molar-refractivity contribution in [2.45, 2.75) is 32.9 Å². The number of fused-ring (bicyclic) bond motifs is 1. The molecule has 1 aliphatic rings. The first kappa shape index (κ1) is 14.8. The highest BCUT2D eigenvalue weighted by Crippen LogP contribution is 2.31. The summed E-state index contributed by atoms with van der Waals surface area (Å²) < 4.78 is 0. The number of rotatable bonds is 4. The van der Waals surface area contributed by atoms with Crippen LogP contribution in [0.4, 0.5) is 5.69 Å². The van der Waals surface area contributed by atoms with Gasteiger partial charge in [0.25, 0.3) is 0 Å². The van der Waals surface area contributed by atoms with E-state index in [4.69, 9.17) is 0 Å². The van der Waals surface area contributed by atoms with Crippen molar-refractivity contribution in [2.24, 2.45) is 0 Å². The lowest BCUT2D eigenvalue weighted by Gasteiger charge is -2.23. The summed E-state index contributed by atoms with van der Waals surface area (Å²) in [6.45, 7) is 5.27. The zero-order valence-corrected chi connectivity index (χ0v) is 13.2. The Labute approximate surface area is 132 Å². The molecule has 3 nitrogen and oxygen atoms in total. The van der Waals surface area contributed by atoms with Crippen LogP contribution in [0.1, 0.15) is 23.6 Å². The van der Waals surface area contributed by atoms with E-state index in [2.05, 4.69) is 49.5 Å². The third-order valence-electron chi connectivity index (χ3n) is 4.20. The van der Waals surface area contributed by atoms with E-state index in [1.54, 1.807) is 0 Å². The first-order chi connectivity index (χ1) is 10.6. The standard InChI is InChI=1S/C19H22N2O/c1-14-7-9-16(10-8-14)12-20-13-19(22)21-15(2)11-17-5-3-4-6-18(17)21/h3-10,15,20H,11-13H2,1-2H3/t15-/m0/s1. The molecule has 0 fully saturated rings. The average molecular weight is 294 g/mol. The van der Waals surface area contributed by atoms with Crippen molar-refractivity contribution in [3.8, 4) is 0 Å². The number of amides is 1. The molecular formula is C19H22N2O. The second-order valence-corrected chi connectivity index (χ2v) is 6.03.